The zero-order valence-corrected chi connectivity index (χ0v) is 15.7. The topological polar surface area (TPSA) is 29.5 Å². The molecule has 0 radical (unpaired) electrons. The van der Waals surface area contributed by atoms with Crippen LogP contribution in [-0.4, -0.2) is 18.4 Å². The largest absolute Gasteiger partial charge is 0.497 e. The molecule has 2 aliphatic rings. The summed E-state index contributed by atoms with van der Waals surface area (Å²) in [5.74, 6) is 1.43. The van der Waals surface area contributed by atoms with E-state index in [9.17, 15) is 4.79 Å². The van der Waals surface area contributed by atoms with Gasteiger partial charge in [0.25, 0.3) is 0 Å². The Balaban J connectivity index is 1.81. The molecular weight excluding hydrogens is 322 g/mol. The number of fused-ring (bicyclic) bond motifs is 1. The van der Waals surface area contributed by atoms with Gasteiger partial charge in [0.15, 0.2) is 0 Å². The summed E-state index contributed by atoms with van der Waals surface area (Å²) < 4.78 is 5.31. The van der Waals surface area contributed by atoms with E-state index in [1.807, 2.05) is 12.1 Å². The molecule has 2 fully saturated rings. The Kier molecular flexibility index (Phi) is 4.47. The Morgan fingerprint density at radius 1 is 1.04 bits per heavy atom. The van der Waals surface area contributed by atoms with Crippen molar-refractivity contribution in [2.75, 3.05) is 12.0 Å². The Labute approximate surface area is 156 Å². The maximum Gasteiger partial charge on any atom is 0.140 e. The van der Waals surface area contributed by atoms with Gasteiger partial charge < -0.3 is 9.64 Å². The number of hydrogen-bond donors (Lipinski definition) is 0. The maximum absolute atomic E-state index is 13.1. The quantitative estimate of drug-likeness (QED) is 0.766. The number of Topliss-reactive ketones (excluding diaryl/α,β-unsaturated/α-hetero) is 1. The van der Waals surface area contributed by atoms with Crippen LogP contribution < -0.4 is 9.64 Å². The molecule has 0 spiro atoms. The van der Waals surface area contributed by atoms with Gasteiger partial charge in [-0.25, -0.2) is 0 Å². The number of rotatable bonds is 3. The fourth-order valence-electron chi connectivity index (χ4n) is 5.05. The molecule has 0 N–H and O–H groups in total. The van der Waals surface area contributed by atoms with Crippen molar-refractivity contribution in [3.8, 4) is 5.75 Å². The second-order valence-corrected chi connectivity index (χ2v) is 7.82. The number of carbonyl (C=O) groups excluding carboxylic acids is 1. The van der Waals surface area contributed by atoms with Crippen molar-refractivity contribution in [3.63, 3.8) is 0 Å². The summed E-state index contributed by atoms with van der Waals surface area (Å²) in [5, 5.41) is 0. The molecule has 0 unspecified atom stereocenters. The highest BCUT2D eigenvalue weighted by molar-refractivity contribution is 5.86. The van der Waals surface area contributed by atoms with Crippen LogP contribution in [0.2, 0.25) is 0 Å². The molecule has 1 saturated carbocycles. The average Bonchev–Trinajstić information content (AvgIpc) is 2.68. The number of methoxy groups -OCH3 is 1. The number of ether oxygens (including phenoxy) is 1. The van der Waals surface area contributed by atoms with Crippen LogP contribution in [0, 0.1) is 5.92 Å². The molecule has 136 valence electrons. The molecule has 4 rings (SSSR count). The monoisotopic (exact) mass is 349 g/mol. The van der Waals surface area contributed by atoms with E-state index in [2.05, 4.69) is 54.3 Å². The Hall–Kier alpha value is -2.29. The van der Waals surface area contributed by atoms with Crippen LogP contribution in [0.1, 0.15) is 50.6 Å². The van der Waals surface area contributed by atoms with Gasteiger partial charge in [-0.2, -0.15) is 0 Å². The number of para-hydroxylation sites is 1. The van der Waals surface area contributed by atoms with E-state index >= 15 is 0 Å². The van der Waals surface area contributed by atoms with E-state index in [4.69, 9.17) is 4.74 Å². The van der Waals surface area contributed by atoms with E-state index in [-0.39, 0.29) is 17.5 Å². The fraction of sp³-hybridized carbons (Fsp3) is 0.435. The average molecular weight is 349 g/mol. The van der Waals surface area contributed by atoms with Crippen LogP contribution in [-0.2, 0) is 4.79 Å². The van der Waals surface area contributed by atoms with Crippen LogP contribution >= 0.6 is 0 Å². The lowest BCUT2D eigenvalue weighted by molar-refractivity contribution is -0.129. The minimum absolute atomic E-state index is 0.0788. The van der Waals surface area contributed by atoms with E-state index < -0.39 is 0 Å². The van der Waals surface area contributed by atoms with E-state index in [0.717, 1.165) is 18.6 Å². The van der Waals surface area contributed by atoms with Crippen LogP contribution in [0.5, 0.6) is 5.75 Å². The summed E-state index contributed by atoms with van der Waals surface area (Å²) in [6.45, 7) is 2.30. The third-order valence-electron chi connectivity index (χ3n) is 6.36. The number of carbonyl (C=O) groups is 1. The van der Waals surface area contributed by atoms with Crippen LogP contribution in [0.3, 0.4) is 0 Å². The van der Waals surface area contributed by atoms with Gasteiger partial charge in [0, 0.05) is 23.6 Å². The van der Waals surface area contributed by atoms with Gasteiger partial charge in [0.1, 0.15) is 11.5 Å². The van der Waals surface area contributed by atoms with Crippen LogP contribution in [0.15, 0.2) is 54.6 Å². The fourth-order valence-corrected chi connectivity index (χ4v) is 5.05. The molecule has 3 heteroatoms. The van der Waals surface area contributed by atoms with Crippen molar-refractivity contribution >= 4 is 11.5 Å². The summed E-state index contributed by atoms with van der Waals surface area (Å²) in [5.41, 5.74) is 2.29. The predicted octanol–water partition coefficient (Wildman–Crippen LogP) is 5.16. The number of benzene rings is 2. The minimum atomic E-state index is -0.112. The summed E-state index contributed by atoms with van der Waals surface area (Å²) >= 11 is 0. The van der Waals surface area contributed by atoms with Gasteiger partial charge in [0.2, 0.25) is 0 Å². The molecule has 0 bridgehead atoms. The second-order valence-electron chi connectivity index (χ2n) is 7.82. The zero-order valence-electron chi connectivity index (χ0n) is 15.7. The van der Waals surface area contributed by atoms with Gasteiger partial charge in [-0.1, -0.05) is 43.2 Å². The highest BCUT2D eigenvalue weighted by Gasteiger charge is 2.51. The molecule has 0 amide bonds. The molecule has 26 heavy (non-hydrogen) atoms. The zero-order chi connectivity index (χ0) is 18.1. The lowest BCUT2D eigenvalue weighted by Crippen LogP contribution is -2.61. The molecule has 1 saturated heterocycles. The van der Waals surface area contributed by atoms with Gasteiger partial charge in [-0.05, 0) is 49.6 Å². The summed E-state index contributed by atoms with van der Waals surface area (Å²) in [4.78, 5) is 15.6. The number of piperidine rings is 1. The van der Waals surface area contributed by atoms with Crippen molar-refractivity contribution in [3.05, 3.63) is 60.2 Å². The van der Waals surface area contributed by atoms with Crippen molar-refractivity contribution in [1.29, 1.82) is 0 Å². The first-order valence-corrected chi connectivity index (χ1v) is 9.64. The SMILES string of the molecule is COc1ccc([C@@H]2CC(=O)[C@H]3CCCC[C@]3(C)N2c2ccccc2)cc1. The molecule has 3 nitrogen and oxygen atoms in total. The summed E-state index contributed by atoms with van der Waals surface area (Å²) in [7, 11) is 1.68. The third kappa shape index (κ3) is 2.80. The van der Waals surface area contributed by atoms with Gasteiger partial charge in [-0.3, -0.25) is 4.79 Å². The molecule has 1 heterocycles. The van der Waals surface area contributed by atoms with Gasteiger partial charge in [0.05, 0.1) is 13.2 Å². The first kappa shape index (κ1) is 17.1. The first-order valence-electron chi connectivity index (χ1n) is 9.64. The molecular formula is C23H27NO2. The Bertz CT molecular complexity index is 771. The predicted molar refractivity (Wildman–Crippen MR) is 105 cm³/mol. The standard InChI is InChI=1S/C23H27NO2/c1-23-15-7-6-10-20(23)22(25)16-21(17-11-13-19(26-2)14-12-17)24(23)18-8-4-3-5-9-18/h3-5,8-9,11-14,20-21H,6-7,10,15-16H2,1-2H3/t20-,21+,23+/m1/s1. The lowest BCUT2D eigenvalue weighted by atomic mass is 9.65. The van der Waals surface area contributed by atoms with E-state index in [0.29, 0.717) is 12.2 Å². The number of ketones is 1. The molecule has 0 aromatic heterocycles. The van der Waals surface area contributed by atoms with E-state index in [1.54, 1.807) is 7.11 Å². The van der Waals surface area contributed by atoms with E-state index in [1.165, 1.54) is 24.1 Å². The normalized spacial score (nSPS) is 28.5. The van der Waals surface area contributed by atoms with Crippen molar-refractivity contribution in [2.45, 2.75) is 50.6 Å². The van der Waals surface area contributed by atoms with Gasteiger partial charge >= 0.3 is 0 Å². The lowest BCUT2D eigenvalue weighted by Gasteiger charge is -2.56. The first-order chi connectivity index (χ1) is 12.6. The Morgan fingerprint density at radius 3 is 2.46 bits per heavy atom. The summed E-state index contributed by atoms with van der Waals surface area (Å²) in [6, 6.07) is 18.9. The van der Waals surface area contributed by atoms with Crippen molar-refractivity contribution in [1.82, 2.24) is 0 Å². The number of anilines is 1. The van der Waals surface area contributed by atoms with Gasteiger partial charge in [-0.15, -0.1) is 0 Å². The van der Waals surface area contributed by atoms with Crippen molar-refractivity contribution < 1.29 is 9.53 Å². The minimum Gasteiger partial charge on any atom is -0.497 e. The van der Waals surface area contributed by atoms with Crippen molar-refractivity contribution in [2.24, 2.45) is 5.92 Å². The smallest absolute Gasteiger partial charge is 0.140 e. The molecule has 3 atom stereocenters. The second kappa shape index (κ2) is 6.79. The molecule has 2 aromatic rings. The molecule has 1 aliphatic carbocycles. The molecule has 2 aromatic carbocycles. The summed E-state index contributed by atoms with van der Waals surface area (Å²) in [6.07, 6.45) is 5.04. The number of hydrogen-bond acceptors (Lipinski definition) is 3. The highest BCUT2D eigenvalue weighted by atomic mass is 16.5. The van der Waals surface area contributed by atoms with Crippen LogP contribution in [0.4, 0.5) is 5.69 Å². The van der Waals surface area contributed by atoms with Crippen LogP contribution in [0.25, 0.3) is 0 Å². The third-order valence-corrected chi connectivity index (χ3v) is 6.36. The molecule has 1 aliphatic heterocycles. The maximum atomic E-state index is 13.1. The highest BCUT2D eigenvalue weighted by Crippen LogP contribution is 2.50. The Morgan fingerprint density at radius 2 is 1.77 bits per heavy atom. The number of nitrogens with zero attached hydrogens (tertiary/aromatic N) is 1.